The van der Waals surface area contributed by atoms with Gasteiger partial charge in [0.05, 0.1) is 11.8 Å². The average Bonchev–Trinajstić information content (AvgIpc) is 2.65. The van der Waals surface area contributed by atoms with E-state index in [0.29, 0.717) is 12.4 Å². The lowest BCUT2D eigenvalue weighted by molar-refractivity contribution is 0.162. The fourth-order valence-corrected chi connectivity index (χ4v) is 3.71. The molecule has 124 valence electrons. The molecule has 2 nitrogen and oxygen atoms in total. The predicted octanol–water partition coefficient (Wildman–Crippen LogP) is 5.82. The van der Waals surface area contributed by atoms with Gasteiger partial charge in [-0.25, -0.2) is 0 Å². The molecular formula is C21H23NOS. The largest absolute Gasteiger partial charge is 0.494 e. The Morgan fingerprint density at radius 2 is 1.75 bits per heavy atom. The Morgan fingerprint density at radius 1 is 1.17 bits per heavy atom. The van der Waals surface area contributed by atoms with Crippen LogP contribution in [0.25, 0.3) is 0 Å². The molecule has 0 aliphatic carbocycles. The number of nitrogens with zero attached hydrogens (tertiary/aromatic N) is 1. The van der Waals surface area contributed by atoms with E-state index in [1.165, 1.54) is 0 Å². The summed E-state index contributed by atoms with van der Waals surface area (Å²) in [6.45, 7) is 8.63. The third kappa shape index (κ3) is 4.43. The molecule has 2 atom stereocenters. The Bertz CT molecular complexity index is 693. The molecule has 0 radical (unpaired) electrons. The first-order valence-corrected chi connectivity index (χ1v) is 8.93. The van der Waals surface area contributed by atoms with Gasteiger partial charge in [0.2, 0.25) is 0 Å². The van der Waals surface area contributed by atoms with Crippen molar-refractivity contribution in [2.24, 2.45) is 5.92 Å². The van der Waals surface area contributed by atoms with Crippen LogP contribution in [0.15, 0.2) is 77.9 Å². The minimum atomic E-state index is -0.588. The lowest BCUT2D eigenvalue weighted by Gasteiger charge is -2.32. The molecule has 0 bridgehead atoms. The Kier molecular flexibility index (Phi) is 6.52. The van der Waals surface area contributed by atoms with Crippen LogP contribution in [-0.4, -0.2) is 4.75 Å². The van der Waals surface area contributed by atoms with E-state index in [9.17, 15) is 5.26 Å². The lowest BCUT2D eigenvalue weighted by Crippen LogP contribution is -2.32. The smallest absolute Gasteiger partial charge is 0.116 e. The van der Waals surface area contributed by atoms with Gasteiger partial charge in [0.1, 0.15) is 11.4 Å². The average molecular weight is 337 g/mol. The van der Waals surface area contributed by atoms with Crippen molar-refractivity contribution in [2.75, 3.05) is 0 Å². The molecule has 0 amide bonds. The molecule has 2 aromatic rings. The number of hydrogen-bond donors (Lipinski definition) is 0. The maximum Gasteiger partial charge on any atom is 0.116 e. The normalized spacial score (nSPS) is 14.2. The summed E-state index contributed by atoms with van der Waals surface area (Å²) in [6, 6.07) is 22.5. The predicted molar refractivity (Wildman–Crippen MR) is 100 cm³/mol. The van der Waals surface area contributed by atoms with E-state index in [2.05, 4.69) is 12.6 Å². The molecule has 0 aromatic heterocycles. The van der Waals surface area contributed by atoms with Crippen LogP contribution in [-0.2, 0) is 11.3 Å². The van der Waals surface area contributed by atoms with Crippen molar-refractivity contribution in [3.63, 3.8) is 0 Å². The van der Waals surface area contributed by atoms with Crippen molar-refractivity contribution >= 4 is 11.8 Å². The highest BCUT2D eigenvalue weighted by atomic mass is 32.2. The van der Waals surface area contributed by atoms with Crippen molar-refractivity contribution in [3.8, 4) is 6.07 Å². The molecule has 0 saturated carbocycles. The van der Waals surface area contributed by atoms with Gasteiger partial charge in [-0.2, -0.15) is 5.26 Å². The number of thioether (sulfide) groups is 1. The van der Waals surface area contributed by atoms with E-state index in [-0.39, 0.29) is 5.92 Å². The maximum absolute atomic E-state index is 9.87. The Morgan fingerprint density at radius 3 is 2.29 bits per heavy atom. The fraction of sp³-hybridized carbons (Fsp3) is 0.286. The second-order valence-corrected chi connectivity index (χ2v) is 7.14. The summed E-state index contributed by atoms with van der Waals surface area (Å²) in [5.41, 5.74) is 1.10. The van der Waals surface area contributed by atoms with Gasteiger partial charge in [-0.15, -0.1) is 11.8 Å². The van der Waals surface area contributed by atoms with Gasteiger partial charge in [0.25, 0.3) is 0 Å². The van der Waals surface area contributed by atoms with Gasteiger partial charge in [-0.1, -0.05) is 69.0 Å². The second-order valence-electron chi connectivity index (χ2n) is 5.73. The van der Waals surface area contributed by atoms with Crippen LogP contribution in [0.5, 0.6) is 0 Å². The van der Waals surface area contributed by atoms with Crippen molar-refractivity contribution in [3.05, 3.63) is 78.6 Å². The molecule has 2 rings (SSSR count). The number of allylic oxidation sites excluding steroid dienone is 1. The van der Waals surface area contributed by atoms with Gasteiger partial charge < -0.3 is 4.74 Å². The molecule has 0 unspecified atom stereocenters. The van der Waals surface area contributed by atoms with Crippen LogP contribution in [0.1, 0.15) is 25.8 Å². The molecule has 0 heterocycles. The summed E-state index contributed by atoms with van der Waals surface area (Å²) < 4.78 is 5.29. The zero-order valence-corrected chi connectivity index (χ0v) is 15.1. The van der Waals surface area contributed by atoms with E-state index in [0.717, 1.165) is 16.9 Å². The quantitative estimate of drug-likeness (QED) is 0.449. The molecule has 0 N–H and O–H groups in total. The fourth-order valence-electron chi connectivity index (χ4n) is 2.50. The summed E-state index contributed by atoms with van der Waals surface area (Å²) >= 11 is 1.59. The highest BCUT2D eigenvalue weighted by Crippen LogP contribution is 2.43. The SMILES string of the molecule is C=C(OCc1ccccc1)[C@H](C)[C@](C#N)(CC)Sc1ccccc1. The van der Waals surface area contributed by atoms with Crippen LogP contribution in [0.4, 0.5) is 0 Å². The highest BCUT2D eigenvalue weighted by Gasteiger charge is 2.38. The molecular weight excluding hydrogens is 314 g/mol. The van der Waals surface area contributed by atoms with E-state index in [1.807, 2.05) is 74.5 Å². The molecule has 0 saturated heterocycles. The van der Waals surface area contributed by atoms with Gasteiger partial charge >= 0.3 is 0 Å². The van der Waals surface area contributed by atoms with Crippen LogP contribution in [0.2, 0.25) is 0 Å². The van der Waals surface area contributed by atoms with Gasteiger partial charge in [0, 0.05) is 10.8 Å². The molecule has 0 fully saturated rings. The number of hydrogen-bond acceptors (Lipinski definition) is 3. The standard InChI is InChI=1S/C21H23NOS/c1-4-21(16-22,24-20-13-9-6-10-14-20)17(2)18(3)23-15-19-11-7-5-8-12-19/h5-14,17H,3-4,15H2,1-2H3/t17-,21+/m0/s1. The van der Waals surface area contributed by atoms with Crippen molar-refractivity contribution in [1.29, 1.82) is 5.26 Å². The zero-order chi connectivity index (χ0) is 17.4. The number of nitriles is 1. The Balaban J connectivity index is 2.08. The Labute approximate surface area is 149 Å². The number of rotatable bonds is 8. The number of ether oxygens (including phenoxy) is 1. The third-order valence-corrected chi connectivity index (χ3v) is 5.81. The van der Waals surface area contributed by atoms with Crippen molar-refractivity contribution in [1.82, 2.24) is 0 Å². The molecule has 0 aliphatic heterocycles. The minimum Gasteiger partial charge on any atom is -0.494 e. The van der Waals surface area contributed by atoms with E-state index in [1.54, 1.807) is 11.8 Å². The van der Waals surface area contributed by atoms with E-state index in [4.69, 9.17) is 4.74 Å². The number of benzene rings is 2. The lowest BCUT2D eigenvalue weighted by atomic mass is 9.90. The first kappa shape index (κ1) is 18.2. The molecule has 2 aromatic carbocycles. The third-order valence-electron chi connectivity index (χ3n) is 4.21. The van der Waals surface area contributed by atoms with Gasteiger partial charge in [0.15, 0.2) is 0 Å². The van der Waals surface area contributed by atoms with E-state index >= 15 is 0 Å². The first-order chi connectivity index (χ1) is 11.6. The molecule has 0 spiro atoms. The summed E-state index contributed by atoms with van der Waals surface area (Å²) in [5, 5.41) is 9.87. The monoisotopic (exact) mass is 337 g/mol. The zero-order valence-electron chi connectivity index (χ0n) is 14.2. The second kappa shape index (κ2) is 8.61. The molecule has 0 aliphatic rings. The van der Waals surface area contributed by atoms with Crippen LogP contribution >= 0.6 is 11.8 Å². The highest BCUT2D eigenvalue weighted by molar-refractivity contribution is 8.01. The van der Waals surface area contributed by atoms with Gasteiger partial charge in [-0.05, 0) is 24.1 Å². The first-order valence-electron chi connectivity index (χ1n) is 8.12. The van der Waals surface area contributed by atoms with E-state index < -0.39 is 4.75 Å². The topological polar surface area (TPSA) is 33.0 Å². The van der Waals surface area contributed by atoms with Crippen LogP contribution in [0, 0.1) is 17.2 Å². The summed E-state index contributed by atoms with van der Waals surface area (Å²) in [6.07, 6.45) is 0.720. The van der Waals surface area contributed by atoms with Crippen molar-refractivity contribution in [2.45, 2.75) is 36.5 Å². The maximum atomic E-state index is 9.87. The summed E-state index contributed by atoms with van der Waals surface area (Å²) in [7, 11) is 0. The Hall–Kier alpha value is -2.18. The van der Waals surface area contributed by atoms with Gasteiger partial charge in [-0.3, -0.25) is 0 Å². The van der Waals surface area contributed by atoms with Crippen molar-refractivity contribution < 1.29 is 4.74 Å². The van der Waals surface area contributed by atoms with Crippen LogP contribution in [0.3, 0.4) is 0 Å². The molecule has 24 heavy (non-hydrogen) atoms. The summed E-state index contributed by atoms with van der Waals surface area (Å²) in [5.74, 6) is 0.576. The minimum absolute atomic E-state index is 0.0820. The summed E-state index contributed by atoms with van der Waals surface area (Å²) in [4.78, 5) is 1.09. The molecule has 3 heteroatoms. The van der Waals surface area contributed by atoms with Crippen LogP contribution < -0.4 is 0 Å².